The molecule has 13 heavy (non-hydrogen) atoms. The van der Waals surface area contributed by atoms with Gasteiger partial charge in [-0.15, -0.1) is 0 Å². The second-order valence-electron chi connectivity index (χ2n) is 2.37. The highest BCUT2D eigenvalue weighted by Gasteiger charge is 2.28. The Kier molecular flexibility index (Phi) is 2.34. The summed E-state index contributed by atoms with van der Waals surface area (Å²) in [6.07, 6.45) is 3.56. The van der Waals surface area contributed by atoms with Crippen molar-refractivity contribution >= 4 is 11.9 Å². The second-order valence-corrected chi connectivity index (χ2v) is 2.37. The summed E-state index contributed by atoms with van der Waals surface area (Å²) in [7, 11) is 0. The number of carbonyl (C=O) groups is 2. The van der Waals surface area contributed by atoms with E-state index in [-0.39, 0.29) is 5.06 Å². The Morgan fingerprint density at radius 3 is 2.46 bits per heavy atom. The zero-order valence-corrected chi connectivity index (χ0v) is 6.41. The molecule has 0 amide bonds. The van der Waals surface area contributed by atoms with Gasteiger partial charge in [0.1, 0.15) is 5.70 Å². The summed E-state index contributed by atoms with van der Waals surface area (Å²) in [4.78, 5) is 20.9. The van der Waals surface area contributed by atoms with E-state index in [1.165, 1.54) is 12.2 Å². The molecule has 0 radical (unpaired) electrons. The van der Waals surface area contributed by atoms with Crippen molar-refractivity contribution in [3.05, 3.63) is 23.9 Å². The Labute approximate surface area is 73.0 Å². The van der Waals surface area contributed by atoms with Gasteiger partial charge >= 0.3 is 11.9 Å². The van der Waals surface area contributed by atoms with Crippen LogP contribution in [-0.2, 0) is 9.59 Å². The van der Waals surface area contributed by atoms with Crippen LogP contribution in [-0.4, -0.2) is 38.5 Å². The minimum absolute atomic E-state index is 0.199. The first-order valence-electron chi connectivity index (χ1n) is 3.36. The van der Waals surface area contributed by atoms with Gasteiger partial charge in [0.05, 0.1) is 0 Å². The quantitative estimate of drug-likeness (QED) is 0.544. The number of nitrogens with zero attached hydrogens (tertiary/aromatic N) is 1. The molecule has 1 aliphatic heterocycles. The van der Waals surface area contributed by atoms with Gasteiger partial charge in [0.15, 0.2) is 6.04 Å². The highest BCUT2D eigenvalue weighted by Crippen LogP contribution is 2.13. The lowest BCUT2D eigenvalue weighted by atomic mass is 10.1. The lowest BCUT2D eigenvalue weighted by Crippen LogP contribution is -2.40. The fraction of sp³-hybridized carbons (Fsp3) is 0.143. The number of hydrogen-bond acceptors (Lipinski definition) is 4. The van der Waals surface area contributed by atoms with E-state index < -0.39 is 23.7 Å². The molecule has 0 fully saturated rings. The Bertz CT molecular complexity index is 306. The standard InChI is InChI=1S/C7H7NO5/c9-6(10)4-2-1-3-5(7(11)12)8(4)13/h1-4,13H,(H,9,10)(H,11,12). The highest BCUT2D eigenvalue weighted by atomic mass is 16.5. The normalized spacial score (nSPS) is 21.2. The van der Waals surface area contributed by atoms with Crippen LogP contribution in [0.15, 0.2) is 23.9 Å². The van der Waals surface area contributed by atoms with Crippen LogP contribution in [0, 0.1) is 0 Å². The van der Waals surface area contributed by atoms with Gasteiger partial charge in [-0.3, -0.25) is 5.21 Å². The van der Waals surface area contributed by atoms with Crippen molar-refractivity contribution in [3.8, 4) is 0 Å². The van der Waals surface area contributed by atoms with E-state index in [0.717, 1.165) is 6.08 Å². The van der Waals surface area contributed by atoms with E-state index in [1.807, 2.05) is 0 Å². The molecule has 0 bridgehead atoms. The van der Waals surface area contributed by atoms with Gasteiger partial charge in [0, 0.05) is 0 Å². The Morgan fingerprint density at radius 2 is 2.00 bits per heavy atom. The molecule has 1 atom stereocenters. The number of rotatable bonds is 2. The first-order valence-corrected chi connectivity index (χ1v) is 3.36. The van der Waals surface area contributed by atoms with Gasteiger partial charge in [-0.25, -0.2) is 14.7 Å². The number of hydroxylamine groups is 2. The van der Waals surface area contributed by atoms with Gasteiger partial charge in [-0.2, -0.15) is 0 Å². The lowest BCUT2D eigenvalue weighted by Gasteiger charge is -2.24. The third-order valence-corrected chi connectivity index (χ3v) is 1.53. The topological polar surface area (TPSA) is 98.1 Å². The van der Waals surface area contributed by atoms with Crippen molar-refractivity contribution < 1.29 is 25.0 Å². The molecular formula is C7H7NO5. The van der Waals surface area contributed by atoms with Crippen molar-refractivity contribution in [3.63, 3.8) is 0 Å². The maximum atomic E-state index is 10.5. The fourth-order valence-electron chi connectivity index (χ4n) is 0.916. The largest absolute Gasteiger partial charge is 0.479 e. The summed E-state index contributed by atoms with van der Waals surface area (Å²) in [5.41, 5.74) is -0.463. The van der Waals surface area contributed by atoms with E-state index in [0.29, 0.717) is 0 Å². The number of allylic oxidation sites excluding steroid dienone is 2. The van der Waals surface area contributed by atoms with E-state index in [2.05, 4.69) is 0 Å². The summed E-state index contributed by atoms with van der Waals surface area (Å²) < 4.78 is 0. The molecule has 3 N–H and O–H groups in total. The van der Waals surface area contributed by atoms with Crippen LogP contribution in [0.2, 0.25) is 0 Å². The Morgan fingerprint density at radius 1 is 1.38 bits per heavy atom. The molecule has 6 heteroatoms. The van der Waals surface area contributed by atoms with Crippen molar-refractivity contribution in [2.75, 3.05) is 0 Å². The summed E-state index contributed by atoms with van der Waals surface area (Å²) in [5, 5.41) is 26.4. The molecule has 0 spiro atoms. The van der Waals surface area contributed by atoms with Gasteiger partial charge in [0.2, 0.25) is 0 Å². The summed E-state index contributed by atoms with van der Waals surface area (Å²) in [6, 6.07) is -1.34. The van der Waals surface area contributed by atoms with Gasteiger partial charge in [-0.1, -0.05) is 6.08 Å². The smallest absolute Gasteiger partial charge is 0.354 e. The van der Waals surface area contributed by atoms with Crippen molar-refractivity contribution in [1.82, 2.24) is 5.06 Å². The monoisotopic (exact) mass is 185 g/mol. The van der Waals surface area contributed by atoms with E-state index >= 15 is 0 Å². The average Bonchev–Trinajstić information content (AvgIpc) is 2.03. The third-order valence-electron chi connectivity index (χ3n) is 1.53. The molecule has 0 saturated carbocycles. The summed E-state index contributed by atoms with van der Waals surface area (Å²) in [5.74, 6) is -2.69. The van der Waals surface area contributed by atoms with Gasteiger partial charge in [0.25, 0.3) is 0 Å². The predicted molar refractivity (Wildman–Crippen MR) is 39.9 cm³/mol. The number of aliphatic carboxylic acids is 2. The molecule has 0 aliphatic carbocycles. The second kappa shape index (κ2) is 3.28. The zero-order chi connectivity index (χ0) is 10.0. The lowest BCUT2D eigenvalue weighted by molar-refractivity contribution is -0.160. The molecule has 0 aromatic heterocycles. The first kappa shape index (κ1) is 9.27. The summed E-state index contributed by atoms with van der Waals surface area (Å²) in [6.45, 7) is 0. The van der Waals surface area contributed by atoms with Crippen LogP contribution in [0.5, 0.6) is 0 Å². The molecule has 0 saturated heterocycles. The van der Waals surface area contributed by atoms with Crippen molar-refractivity contribution in [2.24, 2.45) is 0 Å². The number of carboxylic acids is 2. The van der Waals surface area contributed by atoms with Crippen molar-refractivity contribution in [2.45, 2.75) is 6.04 Å². The minimum atomic E-state index is -1.38. The van der Waals surface area contributed by atoms with Crippen LogP contribution >= 0.6 is 0 Å². The fourth-order valence-corrected chi connectivity index (χ4v) is 0.916. The average molecular weight is 185 g/mol. The zero-order valence-electron chi connectivity index (χ0n) is 6.41. The molecule has 6 nitrogen and oxygen atoms in total. The predicted octanol–water partition coefficient (Wildman–Crippen LogP) is -0.331. The van der Waals surface area contributed by atoms with E-state index in [1.54, 1.807) is 0 Å². The van der Waals surface area contributed by atoms with Crippen LogP contribution in [0.1, 0.15) is 0 Å². The van der Waals surface area contributed by atoms with Gasteiger partial charge in [-0.05, 0) is 12.2 Å². The van der Waals surface area contributed by atoms with Crippen molar-refractivity contribution in [1.29, 1.82) is 0 Å². The van der Waals surface area contributed by atoms with E-state index in [9.17, 15) is 9.59 Å². The first-order chi connectivity index (χ1) is 6.04. The van der Waals surface area contributed by atoms with Crippen LogP contribution < -0.4 is 0 Å². The number of hydrogen-bond donors (Lipinski definition) is 3. The molecule has 0 aromatic carbocycles. The van der Waals surface area contributed by atoms with E-state index in [4.69, 9.17) is 15.4 Å². The SMILES string of the molecule is O=C(O)C1=CC=CC(C(=O)O)N1O. The maximum Gasteiger partial charge on any atom is 0.354 e. The molecule has 1 rings (SSSR count). The van der Waals surface area contributed by atoms with Gasteiger partial charge < -0.3 is 10.2 Å². The maximum absolute atomic E-state index is 10.5. The molecule has 70 valence electrons. The van der Waals surface area contributed by atoms with Crippen LogP contribution in [0.4, 0.5) is 0 Å². The van der Waals surface area contributed by atoms with Crippen LogP contribution in [0.25, 0.3) is 0 Å². The summed E-state index contributed by atoms with van der Waals surface area (Å²) >= 11 is 0. The van der Waals surface area contributed by atoms with Crippen LogP contribution in [0.3, 0.4) is 0 Å². The highest BCUT2D eigenvalue weighted by molar-refractivity contribution is 5.88. The molecule has 1 unspecified atom stereocenters. The Hall–Kier alpha value is -1.82. The Balaban J connectivity index is 2.93. The molecule has 1 heterocycles. The number of carboxylic acid groups (broad SMARTS) is 2. The minimum Gasteiger partial charge on any atom is -0.479 e. The third kappa shape index (κ3) is 1.67. The molecular weight excluding hydrogens is 178 g/mol. The molecule has 0 aromatic rings. The molecule has 1 aliphatic rings.